The Balaban J connectivity index is 2.78. The van der Waals surface area contributed by atoms with Crippen molar-refractivity contribution < 1.29 is 14.3 Å². The molecule has 1 heterocycles. The summed E-state index contributed by atoms with van der Waals surface area (Å²) in [6, 6.07) is 0.374. The van der Waals surface area contributed by atoms with Crippen LogP contribution in [0.4, 0.5) is 0 Å². The zero-order chi connectivity index (χ0) is 14.5. The van der Waals surface area contributed by atoms with Gasteiger partial charge in [-0.25, -0.2) is 0 Å². The number of carbonyl (C=O) groups excluding carboxylic acids is 1. The lowest BCUT2D eigenvalue weighted by molar-refractivity contribution is -0.150. The highest BCUT2D eigenvalue weighted by atomic mass is 16.5. The van der Waals surface area contributed by atoms with E-state index in [-0.39, 0.29) is 12.1 Å². The van der Waals surface area contributed by atoms with Crippen LogP contribution in [0.1, 0.15) is 34.1 Å². The van der Waals surface area contributed by atoms with Crippen LogP contribution in [0.2, 0.25) is 0 Å². The van der Waals surface area contributed by atoms with Crippen molar-refractivity contribution in [2.24, 2.45) is 0 Å². The monoisotopic (exact) mass is 272 g/mol. The van der Waals surface area contributed by atoms with E-state index >= 15 is 0 Å². The molecule has 5 heteroatoms. The molecule has 112 valence electrons. The number of methoxy groups -OCH3 is 1. The highest BCUT2D eigenvalue weighted by molar-refractivity contribution is 5.80. The van der Waals surface area contributed by atoms with E-state index in [1.54, 1.807) is 0 Å². The summed E-state index contributed by atoms with van der Waals surface area (Å²) in [5.41, 5.74) is -0.659. The van der Waals surface area contributed by atoms with Gasteiger partial charge in [0.25, 0.3) is 0 Å². The van der Waals surface area contributed by atoms with Crippen LogP contribution in [0, 0.1) is 0 Å². The van der Waals surface area contributed by atoms with Crippen LogP contribution in [0.5, 0.6) is 0 Å². The van der Waals surface area contributed by atoms with Gasteiger partial charge in [-0.3, -0.25) is 9.69 Å². The third-order valence-corrected chi connectivity index (χ3v) is 3.77. The van der Waals surface area contributed by atoms with Crippen molar-refractivity contribution in [1.29, 1.82) is 0 Å². The number of nitrogens with zero attached hydrogens (tertiary/aromatic N) is 1. The summed E-state index contributed by atoms with van der Waals surface area (Å²) in [4.78, 5) is 14.4. The second kappa shape index (κ2) is 7.22. The number of morpholine rings is 1. The fraction of sp³-hybridized carbons (Fsp3) is 0.929. The van der Waals surface area contributed by atoms with Gasteiger partial charge in [0.15, 0.2) is 0 Å². The lowest BCUT2D eigenvalue weighted by Gasteiger charge is -2.42. The zero-order valence-corrected chi connectivity index (χ0v) is 12.9. The number of likely N-dealkylation sites (N-methyl/N-ethyl adjacent to an activating group) is 1. The summed E-state index contributed by atoms with van der Waals surface area (Å²) in [7, 11) is 1.44. The number of esters is 1. The maximum Gasteiger partial charge on any atom is 0.327 e. The molecule has 1 N–H and O–H groups in total. The Morgan fingerprint density at radius 1 is 1.53 bits per heavy atom. The smallest absolute Gasteiger partial charge is 0.327 e. The third-order valence-electron chi connectivity index (χ3n) is 3.77. The zero-order valence-electron chi connectivity index (χ0n) is 12.9. The number of carbonyl (C=O) groups is 1. The van der Waals surface area contributed by atoms with E-state index in [0.717, 1.165) is 26.1 Å². The number of rotatable bonds is 6. The van der Waals surface area contributed by atoms with Gasteiger partial charge in [0.1, 0.15) is 5.54 Å². The summed E-state index contributed by atoms with van der Waals surface area (Å²) in [6.45, 7) is 11.1. The molecule has 0 aromatic rings. The first-order chi connectivity index (χ1) is 8.96. The van der Waals surface area contributed by atoms with Crippen molar-refractivity contribution in [2.45, 2.75) is 51.8 Å². The highest BCUT2D eigenvalue weighted by Crippen LogP contribution is 2.19. The van der Waals surface area contributed by atoms with E-state index in [4.69, 9.17) is 9.47 Å². The molecule has 0 aliphatic carbocycles. The summed E-state index contributed by atoms with van der Waals surface area (Å²) in [5.74, 6) is -0.205. The molecule has 0 spiro atoms. The first kappa shape index (κ1) is 16.4. The van der Waals surface area contributed by atoms with Gasteiger partial charge in [-0.15, -0.1) is 0 Å². The summed E-state index contributed by atoms with van der Waals surface area (Å²) in [6.07, 6.45) is 1.24. The van der Waals surface area contributed by atoms with Gasteiger partial charge < -0.3 is 14.8 Å². The number of hydrogen-bond donors (Lipinski definition) is 1. The molecule has 1 saturated heterocycles. The van der Waals surface area contributed by atoms with E-state index in [2.05, 4.69) is 24.1 Å². The average Bonchev–Trinajstić information content (AvgIpc) is 2.38. The maximum absolute atomic E-state index is 12.0. The largest absolute Gasteiger partial charge is 0.468 e. The molecule has 0 aromatic heterocycles. The van der Waals surface area contributed by atoms with Crippen molar-refractivity contribution in [3.05, 3.63) is 0 Å². The number of nitrogens with one attached hydrogen (secondary N) is 1. The fourth-order valence-electron chi connectivity index (χ4n) is 2.70. The molecule has 3 atom stereocenters. The molecule has 1 rings (SSSR count). The van der Waals surface area contributed by atoms with Crippen LogP contribution < -0.4 is 5.32 Å². The van der Waals surface area contributed by atoms with Crippen molar-refractivity contribution >= 4 is 5.97 Å². The van der Waals surface area contributed by atoms with Crippen LogP contribution >= 0.6 is 0 Å². The Morgan fingerprint density at radius 2 is 2.21 bits per heavy atom. The quantitative estimate of drug-likeness (QED) is 0.732. The van der Waals surface area contributed by atoms with E-state index in [9.17, 15) is 4.79 Å². The summed E-state index contributed by atoms with van der Waals surface area (Å²) < 4.78 is 10.6. The predicted molar refractivity (Wildman–Crippen MR) is 75.2 cm³/mol. The number of ether oxygens (including phenoxy) is 2. The molecular formula is C14H28N2O3. The van der Waals surface area contributed by atoms with E-state index in [1.807, 2.05) is 13.8 Å². The lowest BCUT2D eigenvalue weighted by Crippen LogP contribution is -2.61. The van der Waals surface area contributed by atoms with Gasteiger partial charge in [0, 0.05) is 19.1 Å². The van der Waals surface area contributed by atoms with Gasteiger partial charge in [-0.2, -0.15) is 0 Å². The minimum absolute atomic E-state index is 0.205. The minimum Gasteiger partial charge on any atom is -0.468 e. The Bertz CT molecular complexity index is 298. The van der Waals surface area contributed by atoms with Crippen molar-refractivity contribution in [2.75, 3.05) is 33.4 Å². The van der Waals surface area contributed by atoms with Crippen LogP contribution in [0.3, 0.4) is 0 Å². The molecule has 0 bridgehead atoms. The molecular weight excluding hydrogens is 244 g/mol. The minimum atomic E-state index is -0.659. The van der Waals surface area contributed by atoms with Gasteiger partial charge in [0.2, 0.25) is 0 Å². The van der Waals surface area contributed by atoms with Crippen molar-refractivity contribution in [1.82, 2.24) is 10.2 Å². The predicted octanol–water partition coefficient (Wildman–Crippen LogP) is 1.03. The second-order valence-corrected chi connectivity index (χ2v) is 5.49. The Kier molecular flexibility index (Phi) is 6.23. The topological polar surface area (TPSA) is 50.8 Å². The average molecular weight is 272 g/mol. The van der Waals surface area contributed by atoms with E-state index in [1.165, 1.54) is 7.11 Å². The van der Waals surface area contributed by atoms with Crippen LogP contribution in [0.15, 0.2) is 0 Å². The van der Waals surface area contributed by atoms with Gasteiger partial charge in [-0.05, 0) is 26.8 Å². The fourth-order valence-corrected chi connectivity index (χ4v) is 2.70. The van der Waals surface area contributed by atoms with Crippen LogP contribution in [-0.4, -0.2) is 61.9 Å². The molecule has 1 aliphatic rings. The molecule has 5 nitrogen and oxygen atoms in total. The van der Waals surface area contributed by atoms with Gasteiger partial charge in [-0.1, -0.05) is 13.8 Å². The number of hydrogen-bond acceptors (Lipinski definition) is 5. The van der Waals surface area contributed by atoms with Crippen molar-refractivity contribution in [3.8, 4) is 0 Å². The maximum atomic E-state index is 12.0. The van der Waals surface area contributed by atoms with Gasteiger partial charge in [0.05, 0.1) is 19.8 Å². The molecule has 0 aromatic carbocycles. The van der Waals surface area contributed by atoms with Crippen LogP contribution in [-0.2, 0) is 14.3 Å². The normalized spacial score (nSPS) is 27.8. The van der Waals surface area contributed by atoms with E-state index in [0.29, 0.717) is 12.6 Å². The SMILES string of the molecule is CCNC(C)(CN1CC(C)OCC1CC)C(=O)OC. The highest BCUT2D eigenvalue weighted by Gasteiger charge is 2.38. The first-order valence-corrected chi connectivity index (χ1v) is 7.15. The Morgan fingerprint density at radius 3 is 2.74 bits per heavy atom. The Hall–Kier alpha value is -0.650. The second-order valence-electron chi connectivity index (χ2n) is 5.49. The Labute approximate surface area is 116 Å². The molecule has 0 radical (unpaired) electrons. The summed E-state index contributed by atoms with van der Waals surface area (Å²) in [5, 5.41) is 3.26. The molecule has 0 saturated carbocycles. The lowest BCUT2D eigenvalue weighted by atomic mass is 9.99. The first-order valence-electron chi connectivity index (χ1n) is 7.15. The molecule has 3 unspecified atom stereocenters. The van der Waals surface area contributed by atoms with Gasteiger partial charge >= 0.3 is 5.97 Å². The van der Waals surface area contributed by atoms with Crippen molar-refractivity contribution in [3.63, 3.8) is 0 Å². The molecule has 1 aliphatic heterocycles. The van der Waals surface area contributed by atoms with E-state index < -0.39 is 5.54 Å². The summed E-state index contributed by atoms with van der Waals surface area (Å²) >= 11 is 0. The molecule has 19 heavy (non-hydrogen) atoms. The van der Waals surface area contributed by atoms with Crippen LogP contribution in [0.25, 0.3) is 0 Å². The standard InChI is InChI=1S/C14H28N2O3/c1-6-12-9-19-11(3)8-16(12)10-14(4,15-7-2)13(17)18-5/h11-12,15H,6-10H2,1-5H3. The molecule has 0 amide bonds. The molecule has 1 fully saturated rings. The third kappa shape index (κ3) is 4.16.